The van der Waals surface area contributed by atoms with Crippen molar-refractivity contribution in [2.75, 3.05) is 0 Å². The number of aromatic nitrogens is 1. The second-order valence-electron chi connectivity index (χ2n) is 4.72. The molecular weight excluding hydrogens is 282 g/mol. The van der Waals surface area contributed by atoms with Crippen LogP contribution >= 0.6 is 15.9 Å². The van der Waals surface area contributed by atoms with Gasteiger partial charge in [0.15, 0.2) is 0 Å². The highest BCUT2D eigenvalue weighted by Gasteiger charge is 2.33. The predicted molar refractivity (Wildman–Crippen MR) is 71.4 cm³/mol. The highest BCUT2D eigenvalue weighted by Crippen LogP contribution is 2.36. The highest BCUT2D eigenvalue weighted by molar-refractivity contribution is 9.10. The van der Waals surface area contributed by atoms with Crippen molar-refractivity contribution in [1.82, 2.24) is 4.98 Å². The molecule has 0 fully saturated rings. The minimum atomic E-state index is -0.900. The third kappa shape index (κ3) is 1.76. The van der Waals surface area contributed by atoms with E-state index in [9.17, 15) is 9.90 Å². The number of fused-ring (bicyclic) bond motifs is 1. The first-order valence-electron chi connectivity index (χ1n) is 5.36. The molecule has 2 rings (SSSR count). The predicted octanol–water partition coefficient (Wildman–Crippen LogP) is 3.60. The number of aromatic amines is 1. The van der Waals surface area contributed by atoms with Gasteiger partial charge < -0.3 is 10.1 Å². The molecule has 0 radical (unpaired) electrons. The summed E-state index contributed by atoms with van der Waals surface area (Å²) in [5.41, 5.74) is 1.80. The fourth-order valence-corrected chi connectivity index (χ4v) is 2.69. The van der Waals surface area contributed by atoms with Gasteiger partial charge in [0.05, 0.1) is 10.9 Å². The monoisotopic (exact) mass is 295 g/mol. The number of nitrogens with one attached hydrogen (secondary N) is 1. The summed E-state index contributed by atoms with van der Waals surface area (Å²) in [7, 11) is 0. The number of aliphatic carboxylic acids is 1. The van der Waals surface area contributed by atoms with Crippen LogP contribution in [-0.2, 0) is 10.2 Å². The summed E-state index contributed by atoms with van der Waals surface area (Å²) in [6, 6.07) is 5.81. The van der Waals surface area contributed by atoms with Gasteiger partial charge in [0.25, 0.3) is 0 Å². The van der Waals surface area contributed by atoms with E-state index in [1.807, 2.05) is 25.1 Å². The van der Waals surface area contributed by atoms with Crippen LogP contribution in [0.4, 0.5) is 0 Å². The van der Waals surface area contributed by atoms with Crippen molar-refractivity contribution in [3.63, 3.8) is 0 Å². The summed E-state index contributed by atoms with van der Waals surface area (Å²) in [6.45, 7) is 5.37. The van der Waals surface area contributed by atoms with Crippen LogP contribution in [0.1, 0.15) is 25.1 Å². The normalized spacial score (nSPS) is 12.0. The molecule has 0 unspecified atom stereocenters. The lowest BCUT2D eigenvalue weighted by molar-refractivity contribution is -0.142. The molecule has 0 aliphatic rings. The van der Waals surface area contributed by atoms with Crippen LogP contribution in [0.5, 0.6) is 0 Å². The van der Waals surface area contributed by atoms with E-state index < -0.39 is 11.4 Å². The Morgan fingerprint density at radius 2 is 2.06 bits per heavy atom. The van der Waals surface area contributed by atoms with Gasteiger partial charge >= 0.3 is 5.97 Å². The Labute approximate surface area is 108 Å². The summed E-state index contributed by atoms with van der Waals surface area (Å²) in [4.78, 5) is 14.6. The summed E-state index contributed by atoms with van der Waals surface area (Å²) in [5.74, 6) is -0.818. The van der Waals surface area contributed by atoms with Crippen molar-refractivity contribution < 1.29 is 9.90 Å². The standard InChI is InChI=1S/C13H14BrNO2/c1-7-10(13(2,3)12(16)17)8-5-4-6-9(14)11(8)15-7/h4-6,15H,1-3H3,(H,16,17). The van der Waals surface area contributed by atoms with E-state index in [-0.39, 0.29) is 0 Å². The third-order valence-electron chi connectivity index (χ3n) is 3.13. The van der Waals surface area contributed by atoms with Crippen LogP contribution in [0, 0.1) is 6.92 Å². The average Bonchev–Trinajstić information content (AvgIpc) is 2.56. The molecule has 1 aromatic carbocycles. The lowest BCUT2D eigenvalue weighted by Crippen LogP contribution is -2.29. The van der Waals surface area contributed by atoms with Crippen molar-refractivity contribution in [3.05, 3.63) is 33.9 Å². The Morgan fingerprint density at radius 3 is 2.65 bits per heavy atom. The molecule has 17 heavy (non-hydrogen) atoms. The Kier molecular flexibility index (Phi) is 2.78. The molecule has 0 amide bonds. The number of halogens is 1. The zero-order valence-corrected chi connectivity index (χ0v) is 11.6. The Morgan fingerprint density at radius 1 is 1.41 bits per heavy atom. The molecule has 0 saturated heterocycles. The Hall–Kier alpha value is -1.29. The number of hydrogen-bond acceptors (Lipinski definition) is 1. The quantitative estimate of drug-likeness (QED) is 0.889. The topological polar surface area (TPSA) is 53.1 Å². The first-order chi connectivity index (χ1) is 7.85. The van der Waals surface area contributed by atoms with Gasteiger partial charge in [-0.2, -0.15) is 0 Å². The smallest absolute Gasteiger partial charge is 0.313 e. The summed E-state index contributed by atoms with van der Waals surface area (Å²) in [5, 5.41) is 10.3. The first-order valence-corrected chi connectivity index (χ1v) is 6.15. The fourth-order valence-electron chi connectivity index (χ4n) is 2.22. The zero-order chi connectivity index (χ0) is 12.8. The van der Waals surface area contributed by atoms with Crippen LogP contribution < -0.4 is 0 Å². The Balaban J connectivity index is 2.83. The van der Waals surface area contributed by atoms with Crippen LogP contribution in [0.25, 0.3) is 10.9 Å². The molecule has 0 saturated carbocycles. The third-order valence-corrected chi connectivity index (χ3v) is 3.79. The van der Waals surface area contributed by atoms with E-state index in [0.717, 1.165) is 26.6 Å². The second kappa shape index (κ2) is 3.88. The molecule has 1 aromatic heterocycles. The largest absolute Gasteiger partial charge is 0.481 e. The molecule has 1 heterocycles. The first kappa shape index (κ1) is 12.2. The molecule has 2 aromatic rings. The van der Waals surface area contributed by atoms with Crippen molar-refractivity contribution >= 4 is 32.8 Å². The van der Waals surface area contributed by atoms with Crippen molar-refractivity contribution in [3.8, 4) is 0 Å². The molecule has 3 nitrogen and oxygen atoms in total. The number of rotatable bonds is 2. The molecule has 0 aliphatic heterocycles. The van der Waals surface area contributed by atoms with E-state index in [1.54, 1.807) is 13.8 Å². The minimum Gasteiger partial charge on any atom is -0.481 e. The van der Waals surface area contributed by atoms with Gasteiger partial charge in [-0.25, -0.2) is 0 Å². The van der Waals surface area contributed by atoms with E-state index in [4.69, 9.17) is 0 Å². The van der Waals surface area contributed by atoms with Gasteiger partial charge in [-0.05, 0) is 48.3 Å². The fraction of sp³-hybridized carbons (Fsp3) is 0.308. The number of carboxylic acid groups (broad SMARTS) is 1. The van der Waals surface area contributed by atoms with E-state index in [1.165, 1.54) is 0 Å². The van der Waals surface area contributed by atoms with Crippen LogP contribution in [0.2, 0.25) is 0 Å². The van der Waals surface area contributed by atoms with Gasteiger partial charge in [0, 0.05) is 15.6 Å². The van der Waals surface area contributed by atoms with Gasteiger partial charge in [0.1, 0.15) is 0 Å². The number of benzene rings is 1. The summed E-state index contributed by atoms with van der Waals surface area (Å²) < 4.78 is 0.950. The maximum Gasteiger partial charge on any atom is 0.313 e. The van der Waals surface area contributed by atoms with Crippen molar-refractivity contribution in [2.45, 2.75) is 26.2 Å². The number of carbonyl (C=O) groups is 1. The number of para-hydroxylation sites is 1. The second-order valence-corrected chi connectivity index (χ2v) is 5.57. The Bertz CT molecular complexity index is 599. The summed E-state index contributed by atoms with van der Waals surface area (Å²) in [6.07, 6.45) is 0. The van der Waals surface area contributed by atoms with Crippen LogP contribution in [-0.4, -0.2) is 16.1 Å². The maximum absolute atomic E-state index is 11.4. The van der Waals surface area contributed by atoms with E-state index in [0.29, 0.717) is 0 Å². The summed E-state index contributed by atoms with van der Waals surface area (Å²) >= 11 is 3.47. The molecule has 4 heteroatoms. The highest BCUT2D eigenvalue weighted by atomic mass is 79.9. The SMILES string of the molecule is Cc1[nH]c2c(Br)cccc2c1C(C)(C)C(=O)O. The number of H-pyrrole nitrogens is 1. The van der Waals surface area contributed by atoms with Crippen LogP contribution in [0.15, 0.2) is 22.7 Å². The molecule has 0 atom stereocenters. The minimum absolute atomic E-state index is 0.818. The maximum atomic E-state index is 11.4. The number of carboxylic acids is 1. The van der Waals surface area contributed by atoms with Gasteiger partial charge in [-0.15, -0.1) is 0 Å². The lowest BCUT2D eigenvalue weighted by atomic mass is 9.83. The van der Waals surface area contributed by atoms with Crippen molar-refractivity contribution in [1.29, 1.82) is 0 Å². The molecule has 0 aliphatic carbocycles. The number of aryl methyl sites for hydroxylation is 1. The van der Waals surface area contributed by atoms with E-state index in [2.05, 4.69) is 20.9 Å². The number of hydrogen-bond donors (Lipinski definition) is 2. The molecule has 0 bridgehead atoms. The molecule has 90 valence electrons. The average molecular weight is 296 g/mol. The molecule has 2 N–H and O–H groups in total. The van der Waals surface area contributed by atoms with Gasteiger partial charge in [-0.3, -0.25) is 4.79 Å². The van der Waals surface area contributed by atoms with Gasteiger partial charge in [0.2, 0.25) is 0 Å². The van der Waals surface area contributed by atoms with E-state index >= 15 is 0 Å². The lowest BCUT2D eigenvalue weighted by Gasteiger charge is -2.20. The van der Waals surface area contributed by atoms with Crippen LogP contribution in [0.3, 0.4) is 0 Å². The van der Waals surface area contributed by atoms with Crippen molar-refractivity contribution in [2.24, 2.45) is 0 Å². The molecular formula is C13H14BrNO2. The van der Waals surface area contributed by atoms with Gasteiger partial charge in [-0.1, -0.05) is 12.1 Å². The zero-order valence-electron chi connectivity index (χ0n) is 9.97. The molecule has 0 spiro atoms.